The fourth-order valence-corrected chi connectivity index (χ4v) is 5.44. The van der Waals surface area contributed by atoms with E-state index < -0.39 is 5.54 Å². The molecule has 0 bridgehead atoms. The van der Waals surface area contributed by atoms with E-state index in [1.54, 1.807) is 12.0 Å². The van der Waals surface area contributed by atoms with E-state index in [9.17, 15) is 9.59 Å². The Morgan fingerprint density at radius 1 is 1.08 bits per heavy atom. The molecule has 190 valence electrons. The van der Waals surface area contributed by atoms with Gasteiger partial charge >= 0.3 is 0 Å². The van der Waals surface area contributed by atoms with Gasteiger partial charge in [0.05, 0.1) is 25.3 Å². The molecule has 1 aliphatic carbocycles. The summed E-state index contributed by atoms with van der Waals surface area (Å²) in [5.74, 6) is 1.26. The van der Waals surface area contributed by atoms with Gasteiger partial charge in [-0.1, -0.05) is 25.0 Å². The first kappa shape index (κ1) is 24.2. The van der Waals surface area contributed by atoms with Gasteiger partial charge in [0.1, 0.15) is 22.7 Å². The third-order valence-corrected chi connectivity index (χ3v) is 7.45. The van der Waals surface area contributed by atoms with E-state index in [0.29, 0.717) is 18.8 Å². The van der Waals surface area contributed by atoms with Crippen molar-refractivity contribution < 1.29 is 19.1 Å². The Hall–Kier alpha value is -3.48. The number of carbonyl (C=O) groups excluding carboxylic acids is 2. The van der Waals surface area contributed by atoms with Crippen LogP contribution < -0.4 is 14.8 Å². The summed E-state index contributed by atoms with van der Waals surface area (Å²) in [7, 11) is 1.63. The summed E-state index contributed by atoms with van der Waals surface area (Å²) in [6.07, 6.45) is 4.31. The summed E-state index contributed by atoms with van der Waals surface area (Å²) in [5, 5.41) is 4.21. The summed E-state index contributed by atoms with van der Waals surface area (Å²) >= 11 is 0. The first-order valence-corrected chi connectivity index (χ1v) is 12.8. The zero-order valence-electron chi connectivity index (χ0n) is 21.5. The molecule has 1 aromatic heterocycles. The van der Waals surface area contributed by atoms with E-state index >= 15 is 0 Å². The molecule has 1 aliphatic heterocycles. The molecule has 1 atom stereocenters. The Morgan fingerprint density at radius 2 is 1.78 bits per heavy atom. The lowest BCUT2D eigenvalue weighted by molar-refractivity contribution is -0.133. The lowest BCUT2D eigenvalue weighted by Gasteiger charge is -2.44. The van der Waals surface area contributed by atoms with E-state index in [0.717, 1.165) is 53.6 Å². The van der Waals surface area contributed by atoms with E-state index in [4.69, 9.17) is 9.47 Å². The number of nitrogens with one attached hydrogen (secondary N) is 1. The first-order valence-electron chi connectivity index (χ1n) is 12.8. The van der Waals surface area contributed by atoms with Crippen LogP contribution in [-0.4, -0.2) is 46.1 Å². The van der Waals surface area contributed by atoms with Gasteiger partial charge in [0.25, 0.3) is 5.91 Å². The predicted molar refractivity (Wildman–Crippen MR) is 139 cm³/mol. The van der Waals surface area contributed by atoms with Gasteiger partial charge in [-0.3, -0.25) is 9.59 Å². The van der Waals surface area contributed by atoms with Crippen molar-refractivity contribution in [2.45, 2.75) is 77.2 Å². The molecule has 2 aromatic carbocycles. The molecule has 7 heteroatoms. The maximum atomic E-state index is 14.0. The van der Waals surface area contributed by atoms with Gasteiger partial charge in [-0.15, -0.1) is 0 Å². The molecule has 0 spiro atoms. The fraction of sp³-hybridized carbons (Fsp3) is 0.448. The molecular weight excluding hydrogens is 454 g/mol. The molecule has 1 N–H and O–H groups in total. The number of methoxy groups -OCH3 is 1. The normalized spacial score (nSPS) is 20.1. The molecule has 3 aromatic rings. The number of fused-ring (bicyclic) bond motifs is 3. The Labute approximate surface area is 212 Å². The number of rotatable bonds is 7. The molecular formula is C29H35N3O4. The van der Waals surface area contributed by atoms with Crippen LogP contribution in [0.5, 0.6) is 11.5 Å². The second-order valence-corrected chi connectivity index (χ2v) is 10.5. The average molecular weight is 490 g/mol. The number of aromatic nitrogens is 1. The lowest BCUT2D eigenvalue weighted by Crippen LogP contribution is -2.64. The van der Waals surface area contributed by atoms with Crippen LogP contribution in [0.15, 0.2) is 48.5 Å². The van der Waals surface area contributed by atoms with Crippen LogP contribution in [0.4, 0.5) is 0 Å². The van der Waals surface area contributed by atoms with E-state index in [1.165, 1.54) is 0 Å². The van der Waals surface area contributed by atoms with Crippen molar-refractivity contribution in [1.29, 1.82) is 0 Å². The standard InChI is InChI=1S/C29H35N3O4/c1-19(2)36-23-12-9-20(10-13-23)17-32-27(33)26-15-21-11-14-24(35-4)16-25(21)31(26)18-29(32,3)28(34)30-22-7-5-6-8-22/h9-16,19,22H,5-8,17-18H2,1-4H3,(H,30,34). The highest BCUT2D eigenvalue weighted by atomic mass is 16.5. The summed E-state index contributed by atoms with van der Waals surface area (Å²) in [6.45, 7) is 6.57. The number of nitrogens with zero attached hydrogens (tertiary/aromatic N) is 2. The summed E-state index contributed by atoms with van der Waals surface area (Å²) < 4.78 is 13.2. The van der Waals surface area contributed by atoms with Crippen LogP contribution in [0.2, 0.25) is 0 Å². The topological polar surface area (TPSA) is 72.8 Å². The quantitative estimate of drug-likeness (QED) is 0.512. The van der Waals surface area contributed by atoms with Crippen molar-refractivity contribution in [1.82, 2.24) is 14.8 Å². The van der Waals surface area contributed by atoms with Crippen LogP contribution in [0.25, 0.3) is 10.9 Å². The van der Waals surface area contributed by atoms with Gasteiger partial charge in [0.2, 0.25) is 5.91 Å². The molecule has 1 fully saturated rings. The summed E-state index contributed by atoms with van der Waals surface area (Å²) in [6, 6.07) is 15.6. The second-order valence-electron chi connectivity index (χ2n) is 10.5. The smallest absolute Gasteiger partial charge is 0.271 e. The molecule has 0 saturated heterocycles. The van der Waals surface area contributed by atoms with Crippen molar-refractivity contribution in [2.24, 2.45) is 0 Å². The number of carbonyl (C=O) groups is 2. The monoisotopic (exact) mass is 489 g/mol. The van der Waals surface area contributed by atoms with Crippen LogP contribution in [0, 0.1) is 0 Å². The minimum atomic E-state index is -1.05. The number of amides is 2. The Kier molecular flexibility index (Phi) is 6.41. The number of hydrogen-bond acceptors (Lipinski definition) is 4. The molecule has 0 radical (unpaired) electrons. The lowest BCUT2D eigenvalue weighted by atomic mass is 9.93. The molecule has 1 saturated carbocycles. The van der Waals surface area contributed by atoms with Gasteiger partial charge in [0.15, 0.2) is 0 Å². The predicted octanol–water partition coefficient (Wildman–Crippen LogP) is 4.91. The van der Waals surface area contributed by atoms with Gasteiger partial charge in [0, 0.05) is 24.0 Å². The molecule has 2 heterocycles. The van der Waals surface area contributed by atoms with Gasteiger partial charge in [-0.25, -0.2) is 0 Å². The van der Waals surface area contributed by atoms with Crippen LogP contribution in [-0.2, 0) is 17.9 Å². The van der Waals surface area contributed by atoms with E-state index in [-0.39, 0.29) is 24.0 Å². The highest BCUT2D eigenvalue weighted by Crippen LogP contribution is 2.35. The summed E-state index contributed by atoms with van der Waals surface area (Å²) in [4.78, 5) is 29.5. The average Bonchev–Trinajstić information content (AvgIpc) is 3.50. The number of ether oxygens (including phenoxy) is 2. The zero-order valence-corrected chi connectivity index (χ0v) is 21.5. The second kappa shape index (κ2) is 9.52. The highest BCUT2D eigenvalue weighted by molar-refractivity contribution is 6.03. The molecule has 5 rings (SSSR count). The molecule has 36 heavy (non-hydrogen) atoms. The van der Waals surface area contributed by atoms with Gasteiger partial charge in [-0.2, -0.15) is 0 Å². The first-order chi connectivity index (χ1) is 17.3. The number of benzene rings is 2. The largest absolute Gasteiger partial charge is 0.497 e. The Bertz CT molecular complexity index is 1270. The van der Waals surface area contributed by atoms with Crippen molar-refractivity contribution >= 4 is 22.7 Å². The third-order valence-electron chi connectivity index (χ3n) is 7.45. The Morgan fingerprint density at radius 3 is 2.44 bits per heavy atom. The van der Waals surface area contributed by atoms with Crippen molar-refractivity contribution in [2.75, 3.05) is 7.11 Å². The van der Waals surface area contributed by atoms with Crippen molar-refractivity contribution in [3.05, 3.63) is 59.8 Å². The van der Waals surface area contributed by atoms with E-state index in [1.807, 2.05) is 73.9 Å². The van der Waals surface area contributed by atoms with Gasteiger partial charge < -0.3 is 24.3 Å². The molecule has 2 amide bonds. The molecule has 7 nitrogen and oxygen atoms in total. The van der Waals surface area contributed by atoms with Crippen LogP contribution >= 0.6 is 0 Å². The third kappa shape index (κ3) is 4.43. The van der Waals surface area contributed by atoms with Crippen molar-refractivity contribution in [3.63, 3.8) is 0 Å². The number of hydrogen-bond donors (Lipinski definition) is 1. The maximum absolute atomic E-state index is 14.0. The molecule has 2 aliphatic rings. The minimum Gasteiger partial charge on any atom is -0.497 e. The SMILES string of the molecule is COc1ccc2cc3n(c2c1)CC(C)(C(=O)NC1CCCC1)N(Cc1ccc(OC(C)C)cc1)C3=O. The summed E-state index contributed by atoms with van der Waals surface area (Å²) in [5.41, 5.74) is 1.39. The highest BCUT2D eigenvalue weighted by Gasteiger charge is 2.48. The minimum absolute atomic E-state index is 0.0858. The fourth-order valence-electron chi connectivity index (χ4n) is 5.44. The van der Waals surface area contributed by atoms with Crippen molar-refractivity contribution in [3.8, 4) is 11.5 Å². The zero-order chi connectivity index (χ0) is 25.4. The molecule has 1 unspecified atom stereocenters. The van der Waals surface area contributed by atoms with Crippen LogP contribution in [0.3, 0.4) is 0 Å². The van der Waals surface area contributed by atoms with E-state index in [2.05, 4.69) is 5.32 Å². The van der Waals surface area contributed by atoms with Crippen LogP contribution in [0.1, 0.15) is 62.5 Å². The van der Waals surface area contributed by atoms with Gasteiger partial charge in [-0.05, 0) is 69.5 Å². The Balaban J connectivity index is 1.52. The maximum Gasteiger partial charge on any atom is 0.271 e.